The van der Waals surface area contributed by atoms with Crippen molar-refractivity contribution in [2.45, 2.75) is 12.0 Å². The van der Waals surface area contributed by atoms with E-state index < -0.39 is 32.7 Å². The first kappa shape index (κ1) is 14.1. The Bertz CT molecular complexity index is 766. The van der Waals surface area contributed by atoms with Gasteiger partial charge in [-0.15, -0.1) is 0 Å². The molecular formula is C12H10FNO5S. The summed E-state index contributed by atoms with van der Waals surface area (Å²) in [5, 5.41) is 8.06. The summed E-state index contributed by atoms with van der Waals surface area (Å²) in [5.74, 6) is -2.65. The maximum absolute atomic E-state index is 13.6. The number of nitrogens with one attached hydrogen (secondary N) is 1. The Labute approximate surface area is 113 Å². The zero-order valence-electron chi connectivity index (χ0n) is 10.3. The molecule has 2 N–H and O–H groups in total. The summed E-state index contributed by atoms with van der Waals surface area (Å²) in [6.07, 6.45) is 0. The van der Waals surface area contributed by atoms with E-state index in [0.717, 1.165) is 12.1 Å². The standard InChI is InChI=1S/C12H10FNO5S/c1-7-2-3-9(8(13)6-7)14-20(17,18)11-5-4-10(19-11)12(15)16/h2-6,14H,1H3,(H,15,16). The van der Waals surface area contributed by atoms with Gasteiger partial charge in [0.25, 0.3) is 10.0 Å². The van der Waals surface area contributed by atoms with Gasteiger partial charge in [-0.3, -0.25) is 4.72 Å². The third kappa shape index (κ3) is 2.80. The number of carbonyl (C=O) groups is 1. The Morgan fingerprint density at radius 2 is 2.00 bits per heavy atom. The van der Waals surface area contributed by atoms with E-state index >= 15 is 0 Å². The van der Waals surface area contributed by atoms with Crippen molar-refractivity contribution in [3.8, 4) is 0 Å². The lowest BCUT2D eigenvalue weighted by Crippen LogP contribution is -2.13. The van der Waals surface area contributed by atoms with E-state index in [4.69, 9.17) is 5.11 Å². The van der Waals surface area contributed by atoms with Gasteiger partial charge in [-0.2, -0.15) is 8.42 Å². The Hall–Kier alpha value is -2.35. The number of carboxylic acid groups (broad SMARTS) is 1. The number of aryl methyl sites for hydroxylation is 1. The van der Waals surface area contributed by atoms with Gasteiger partial charge in [0, 0.05) is 0 Å². The van der Waals surface area contributed by atoms with Gasteiger partial charge >= 0.3 is 5.97 Å². The fraction of sp³-hybridized carbons (Fsp3) is 0.0833. The molecule has 0 aliphatic rings. The lowest BCUT2D eigenvalue weighted by atomic mass is 10.2. The monoisotopic (exact) mass is 299 g/mol. The van der Waals surface area contributed by atoms with E-state index in [1.807, 2.05) is 4.72 Å². The molecule has 106 valence electrons. The molecule has 6 nitrogen and oxygen atoms in total. The largest absolute Gasteiger partial charge is 0.475 e. The van der Waals surface area contributed by atoms with Gasteiger partial charge < -0.3 is 9.52 Å². The lowest BCUT2D eigenvalue weighted by Gasteiger charge is -2.07. The molecule has 0 aliphatic heterocycles. The third-order valence-corrected chi connectivity index (χ3v) is 3.66. The summed E-state index contributed by atoms with van der Waals surface area (Å²) < 4.78 is 44.1. The molecule has 0 unspecified atom stereocenters. The number of hydrogen-bond donors (Lipinski definition) is 2. The second kappa shape index (κ2) is 4.97. The number of sulfonamides is 1. The van der Waals surface area contributed by atoms with Crippen molar-refractivity contribution in [3.63, 3.8) is 0 Å². The Balaban J connectivity index is 2.33. The molecule has 2 rings (SSSR count). The topological polar surface area (TPSA) is 96.6 Å². The van der Waals surface area contributed by atoms with Crippen LogP contribution in [0.15, 0.2) is 39.8 Å². The zero-order valence-corrected chi connectivity index (χ0v) is 11.1. The Morgan fingerprint density at radius 3 is 2.55 bits per heavy atom. The van der Waals surface area contributed by atoms with Crippen molar-refractivity contribution >= 4 is 21.7 Å². The Morgan fingerprint density at radius 1 is 1.30 bits per heavy atom. The van der Waals surface area contributed by atoms with Crippen LogP contribution in [0.4, 0.5) is 10.1 Å². The third-order valence-electron chi connectivity index (χ3n) is 2.43. The van der Waals surface area contributed by atoms with E-state index in [0.29, 0.717) is 5.56 Å². The van der Waals surface area contributed by atoms with Crippen molar-refractivity contribution in [2.24, 2.45) is 0 Å². The van der Waals surface area contributed by atoms with Gasteiger partial charge in [-0.05, 0) is 36.8 Å². The van der Waals surface area contributed by atoms with Crippen molar-refractivity contribution < 1.29 is 27.1 Å². The SMILES string of the molecule is Cc1ccc(NS(=O)(=O)c2ccc(C(=O)O)o2)c(F)c1. The predicted molar refractivity (Wildman–Crippen MR) is 67.6 cm³/mol. The average molecular weight is 299 g/mol. The molecule has 1 heterocycles. The highest BCUT2D eigenvalue weighted by Gasteiger charge is 2.22. The van der Waals surface area contributed by atoms with Crippen molar-refractivity contribution in [2.75, 3.05) is 4.72 Å². The fourth-order valence-corrected chi connectivity index (χ4v) is 2.48. The van der Waals surface area contributed by atoms with Crippen LogP contribution in [0, 0.1) is 12.7 Å². The highest BCUT2D eigenvalue weighted by Crippen LogP contribution is 2.21. The van der Waals surface area contributed by atoms with Gasteiger partial charge in [-0.25, -0.2) is 9.18 Å². The number of halogens is 1. The van der Waals surface area contributed by atoms with Gasteiger partial charge in [0.2, 0.25) is 10.9 Å². The zero-order chi connectivity index (χ0) is 14.9. The first-order valence-corrected chi connectivity index (χ1v) is 6.90. The molecule has 20 heavy (non-hydrogen) atoms. The summed E-state index contributed by atoms with van der Waals surface area (Å²) in [6, 6.07) is 5.96. The summed E-state index contributed by atoms with van der Waals surface area (Å²) in [4.78, 5) is 10.6. The molecule has 0 atom stereocenters. The number of furan rings is 1. The molecule has 0 fully saturated rings. The second-order valence-corrected chi connectivity index (χ2v) is 5.63. The van der Waals surface area contributed by atoms with Crippen LogP contribution >= 0.6 is 0 Å². The maximum atomic E-state index is 13.6. The number of rotatable bonds is 4. The fourth-order valence-electron chi connectivity index (χ4n) is 1.48. The normalized spacial score (nSPS) is 11.3. The summed E-state index contributed by atoms with van der Waals surface area (Å²) in [5.41, 5.74) is 0.389. The molecule has 8 heteroatoms. The minimum atomic E-state index is -4.18. The number of carboxylic acids is 1. The van der Waals surface area contributed by atoms with Crippen LogP contribution < -0.4 is 4.72 Å². The molecule has 0 amide bonds. The van der Waals surface area contributed by atoms with E-state index in [1.165, 1.54) is 18.2 Å². The molecular weight excluding hydrogens is 289 g/mol. The summed E-state index contributed by atoms with van der Waals surface area (Å²) in [6.45, 7) is 1.66. The first-order chi connectivity index (χ1) is 9.29. The van der Waals surface area contributed by atoms with Crippen LogP contribution in [0.25, 0.3) is 0 Å². The van der Waals surface area contributed by atoms with Crippen LogP contribution in [-0.4, -0.2) is 19.5 Å². The number of aromatic carboxylic acids is 1. The quantitative estimate of drug-likeness (QED) is 0.902. The molecule has 2 aromatic rings. The van der Waals surface area contributed by atoms with Crippen molar-refractivity contribution in [1.29, 1.82) is 0 Å². The maximum Gasteiger partial charge on any atom is 0.371 e. The number of anilines is 1. The minimum absolute atomic E-state index is 0.246. The van der Waals surface area contributed by atoms with Gasteiger partial charge in [0.1, 0.15) is 5.82 Å². The molecule has 0 radical (unpaired) electrons. The average Bonchev–Trinajstić information content (AvgIpc) is 2.83. The molecule has 0 spiro atoms. The second-order valence-electron chi connectivity index (χ2n) is 4.01. The van der Waals surface area contributed by atoms with Gasteiger partial charge in [-0.1, -0.05) is 6.07 Å². The summed E-state index contributed by atoms with van der Waals surface area (Å²) >= 11 is 0. The van der Waals surface area contributed by atoms with E-state index in [9.17, 15) is 17.6 Å². The van der Waals surface area contributed by atoms with Crippen molar-refractivity contribution in [3.05, 3.63) is 47.5 Å². The molecule has 1 aromatic heterocycles. The van der Waals surface area contributed by atoms with Gasteiger partial charge in [0.15, 0.2) is 0 Å². The minimum Gasteiger partial charge on any atom is -0.475 e. The molecule has 0 saturated carbocycles. The lowest BCUT2D eigenvalue weighted by molar-refractivity contribution is 0.0656. The smallest absolute Gasteiger partial charge is 0.371 e. The highest BCUT2D eigenvalue weighted by atomic mass is 32.2. The summed E-state index contributed by atoms with van der Waals surface area (Å²) in [7, 11) is -4.18. The first-order valence-electron chi connectivity index (χ1n) is 5.42. The van der Waals surface area contributed by atoms with Crippen LogP contribution in [0.2, 0.25) is 0 Å². The number of benzene rings is 1. The highest BCUT2D eigenvalue weighted by molar-refractivity contribution is 7.92. The molecule has 0 saturated heterocycles. The van der Waals surface area contributed by atoms with Crippen LogP contribution in [-0.2, 0) is 10.0 Å². The van der Waals surface area contributed by atoms with Crippen LogP contribution in [0.5, 0.6) is 0 Å². The molecule has 0 aliphatic carbocycles. The predicted octanol–water partition coefficient (Wildman–Crippen LogP) is 2.23. The number of hydrogen-bond acceptors (Lipinski definition) is 4. The van der Waals surface area contributed by atoms with E-state index in [1.54, 1.807) is 6.92 Å². The molecule has 0 bridgehead atoms. The van der Waals surface area contributed by atoms with Crippen molar-refractivity contribution in [1.82, 2.24) is 0 Å². The van der Waals surface area contributed by atoms with Gasteiger partial charge in [0.05, 0.1) is 5.69 Å². The van der Waals surface area contributed by atoms with E-state index in [2.05, 4.69) is 4.42 Å². The van der Waals surface area contributed by atoms with E-state index in [-0.39, 0.29) is 5.69 Å². The molecule has 1 aromatic carbocycles. The van der Waals surface area contributed by atoms with Crippen LogP contribution in [0.3, 0.4) is 0 Å². The Kier molecular flexibility index (Phi) is 3.49. The van der Waals surface area contributed by atoms with Crippen LogP contribution in [0.1, 0.15) is 16.1 Å².